The van der Waals surface area contributed by atoms with E-state index in [9.17, 15) is 4.57 Å². The van der Waals surface area contributed by atoms with Crippen molar-refractivity contribution in [2.75, 3.05) is 0 Å². The average Bonchev–Trinajstić information content (AvgIpc) is 2.31. The van der Waals surface area contributed by atoms with Crippen molar-refractivity contribution in [3.05, 3.63) is 0 Å². The van der Waals surface area contributed by atoms with Crippen LogP contribution in [-0.4, -0.2) is 12.5 Å². The normalized spacial score (nSPS) is 17.1. The summed E-state index contributed by atoms with van der Waals surface area (Å²) < 4.78 is 22.2. The topological polar surface area (TPSA) is 87.6 Å². The summed E-state index contributed by atoms with van der Waals surface area (Å²) in [5.74, 6) is 0.402. The first-order chi connectivity index (χ1) is 8.49. The molecule has 4 N–H and O–H groups in total. The minimum atomic E-state index is -2.62. The van der Waals surface area contributed by atoms with Crippen LogP contribution in [0.1, 0.15) is 53.4 Å². The highest BCUT2D eigenvalue weighted by atomic mass is 31.1. The maximum absolute atomic E-state index is 11.7. The molecule has 0 aromatic rings. The van der Waals surface area contributed by atoms with Gasteiger partial charge in [0.05, 0.1) is 0 Å². The smallest absolute Gasteiger partial charge is 0.305 e. The van der Waals surface area contributed by atoms with E-state index in [0.29, 0.717) is 0 Å². The summed E-state index contributed by atoms with van der Waals surface area (Å²) in [5, 5.41) is 0. The minimum Gasteiger partial charge on any atom is -0.305 e. The molecule has 0 saturated heterocycles. The summed E-state index contributed by atoms with van der Waals surface area (Å²) in [6, 6.07) is 0. The van der Waals surface area contributed by atoms with Crippen LogP contribution in [-0.2, 0) is 13.6 Å². The molecule has 0 aliphatic carbocycles. The van der Waals surface area contributed by atoms with Gasteiger partial charge in [-0.3, -0.25) is 13.6 Å². The van der Waals surface area contributed by atoms with Gasteiger partial charge in [0, 0.05) is 0 Å². The van der Waals surface area contributed by atoms with Crippen molar-refractivity contribution in [3.63, 3.8) is 0 Å². The number of hydrogen-bond donors (Lipinski definition) is 2. The molecule has 0 aliphatic rings. The maximum Gasteiger partial charge on any atom is 0.322 e. The summed E-state index contributed by atoms with van der Waals surface area (Å²) >= 11 is 0. The van der Waals surface area contributed by atoms with E-state index in [1.165, 1.54) is 0 Å². The Morgan fingerprint density at radius 2 is 1.11 bits per heavy atom. The molecular weight excluding hydrogens is 251 g/mol. The summed E-state index contributed by atoms with van der Waals surface area (Å²) in [4.78, 5) is 0. The first kappa shape index (κ1) is 18.1. The third-order valence-corrected chi connectivity index (χ3v) is 4.42. The predicted molar refractivity (Wildman–Crippen MR) is 75.3 cm³/mol. The Balaban J connectivity index is 4.17. The largest absolute Gasteiger partial charge is 0.322 e. The van der Waals surface area contributed by atoms with E-state index in [1.807, 2.05) is 27.7 Å². The fraction of sp³-hybridized carbons (Fsp3) is 1.00. The molecule has 0 spiro atoms. The molecule has 0 aliphatic heterocycles. The van der Waals surface area contributed by atoms with Crippen molar-refractivity contribution in [2.45, 2.75) is 65.8 Å². The molecule has 0 heterocycles. The van der Waals surface area contributed by atoms with Crippen LogP contribution in [0.3, 0.4) is 0 Å². The van der Waals surface area contributed by atoms with E-state index in [4.69, 9.17) is 20.5 Å². The Bertz CT molecular complexity index is 211. The van der Waals surface area contributed by atoms with Gasteiger partial charge in [-0.25, -0.2) is 0 Å². The molecule has 0 aromatic carbocycles. The van der Waals surface area contributed by atoms with Gasteiger partial charge in [0.15, 0.2) is 0 Å². The average molecular weight is 280 g/mol. The van der Waals surface area contributed by atoms with Gasteiger partial charge in [0.25, 0.3) is 0 Å². The number of hydrogen-bond acceptors (Lipinski definition) is 5. The van der Waals surface area contributed by atoms with Crippen LogP contribution in [0.15, 0.2) is 0 Å². The molecule has 0 saturated carbocycles. The molecule has 0 bridgehead atoms. The Morgan fingerprint density at radius 3 is 1.33 bits per heavy atom. The van der Waals surface area contributed by atoms with Gasteiger partial charge < -0.3 is 11.5 Å². The molecule has 0 fully saturated rings. The van der Waals surface area contributed by atoms with Gasteiger partial charge in [-0.1, -0.05) is 27.7 Å². The van der Waals surface area contributed by atoms with Crippen LogP contribution < -0.4 is 11.5 Å². The van der Waals surface area contributed by atoms with E-state index in [-0.39, 0.29) is 11.8 Å². The first-order valence-electron chi connectivity index (χ1n) is 6.88. The standard InChI is InChI=1S/C12H29N2O3P/c1-5-9(6-2)11(13)16-18(15)17-12(14)10(7-3)8-4/h9-12,18H,5-8,13-14H2,1-4H3. The van der Waals surface area contributed by atoms with E-state index in [0.717, 1.165) is 25.7 Å². The molecular formula is C12H29N2O3P. The summed E-state index contributed by atoms with van der Waals surface area (Å²) in [6.07, 6.45) is 2.49. The molecule has 5 nitrogen and oxygen atoms in total. The molecule has 0 amide bonds. The van der Waals surface area contributed by atoms with Gasteiger partial charge >= 0.3 is 8.25 Å². The molecule has 110 valence electrons. The lowest BCUT2D eigenvalue weighted by Gasteiger charge is -2.24. The quantitative estimate of drug-likeness (QED) is 0.474. The summed E-state index contributed by atoms with van der Waals surface area (Å²) in [5.41, 5.74) is 11.7. The Kier molecular flexibility index (Phi) is 9.97. The monoisotopic (exact) mass is 280 g/mol. The molecule has 18 heavy (non-hydrogen) atoms. The molecule has 0 rings (SSSR count). The van der Waals surface area contributed by atoms with E-state index < -0.39 is 20.7 Å². The summed E-state index contributed by atoms with van der Waals surface area (Å²) in [7, 11) is -2.62. The second-order valence-electron chi connectivity index (χ2n) is 4.57. The van der Waals surface area contributed by atoms with Crippen molar-refractivity contribution in [3.8, 4) is 0 Å². The molecule has 0 radical (unpaired) electrons. The highest BCUT2D eigenvalue weighted by Gasteiger charge is 2.21. The fourth-order valence-electron chi connectivity index (χ4n) is 1.95. The van der Waals surface area contributed by atoms with Gasteiger partial charge in [0.1, 0.15) is 12.5 Å². The van der Waals surface area contributed by atoms with Crippen LogP contribution in [0.5, 0.6) is 0 Å². The molecule has 2 unspecified atom stereocenters. The Hall–Kier alpha value is 0.0700. The second kappa shape index (κ2) is 9.93. The lowest BCUT2D eigenvalue weighted by atomic mass is 10.0. The highest BCUT2D eigenvalue weighted by Crippen LogP contribution is 2.31. The van der Waals surface area contributed by atoms with Crippen molar-refractivity contribution in [1.82, 2.24) is 0 Å². The van der Waals surface area contributed by atoms with Crippen molar-refractivity contribution in [1.29, 1.82) is 0 Å². The van der Waals surface area contributed by atoms with Gasteiger partial charge in [-0.2, -0.15) is 0 Å². The maximum atomic E-state index is 11.7. The van der Waals surface area contributed by atoms with Crippen molar-refractivity contribution < 1.29 is 13.6 Å². The van der Waals surface area contributed by atoms with E-state index >= 15 is 0 Å². The number of nitrogens with two attached hydrogens (primary N) is 2. The third kappa shape index (κ3) is 6.30. The minimum absolute atomic E-state index is 0.201. The zero-order chi connectivity index (χ0) is 14.1. The second-order valence-corrected chi connectivity index (χ2v) is 5.54. The fourth-order valence-corrected chi connectivity index (χ4v) is 2.83. The van der Waals surface area contributed by atoms with E-state index in [2.05, 4.69) is 0 Å². The Labute approximate surface area is 112 Å². The van der Waals surface area contributed by atoms with E-state index in [1.54, 1.807) is 0 Å². The third-order valence-electron chi connectivity index (χ3n) is 3.49. The zero-order valence-electron chi connectivity index (χ0n) is 12.0. The van der Waals surface area contributed by atoms with Gasteiger partial charge in [-0.05, 0) is 37.5 Å². The summed E-state index contributed by atoms with van der Waals surface area (Å²) in [6.45, 7) is 8.13. The van der Waals surface area contributed by atoms with Crippen molar-refractivity contribution in [2.24, 2.45) is 23.3 Å². The van der Waals surface area contributed by atoms with Crippen LogP contribution in [0.4, 0.5) is 0 Å². The van der Waals surface area contributed by atoms with Crippen LogP contribution >= 0.6 is 8.25 Å². The lowest BCUT2D eigenvalue weighted by Crippen LogP contribution is -2.33. The Morgan fingerprint density at radius 1 is 0.833 bits per heavy atom. The molecule has 2 atom stereocenters. The number of rotatable bonds is 10. The van der Waals surface area contributed by atoms with Crippen molar-refractivity contribution >= 4 is 8.25 Å². The van der Waals surface area contributed by atoms with Crippen LogP contribution in [0.25, 0.3) is 0 Å². The van der Waals surface area contributed by atoms with Gasteiger partial charge in [0.2, 0.25) is 0 Å². The zero-order valence-corrected chi connectivity index (χ0v) is 13.0. The SMILES string of the molecule is CCC(CC)C(N)O[PH](=O)OC(N)C(CC)CC. The lowest BCUT2D eigenvalue weighted by molar-refractivity contribution is 0.0748. The predicted octanol–water partition coefficient (Wildman–Crippen LogP) is 2.85. The molecule has 6 heteroatoms. The molecule has 0 aromatic heterocycles. The first-order valence-corrected chi connectivity index (χ1v) is 8.10. The highest BCUT2D eigenvalue weighted by molar-refractivity contribution is 7.33. The van der Waals surface area contributed by atoms with Crippen LogP contribution in [0.2, 0.25) is 0 Å². The van der Waals surface area contributed by atoms with Crippen LogP contribution in [0, 0.1) is 11.8 Å². The van der Waals surface area contributed by atoms with Gasteiger partial charge in [-0.15, -0.1) is 0 Å².